The summed E-state index contributed by atoms with van der Waals surface area (Å²) in [5.41, 5.74) is 0.745. The Morgan fingerprint density at radius 1 is 1.22 bits per heavy atom. The molecule has 118 valence electrons. The molecule has 1 heterocycles. The molecule has 0 bridgehead atoms. The van der Waals surface area contributed by atoms with E-state index >= 15 is 0 Å². The Bertz CT molecular complexity index is 714. The molecule has 7 heteroatoms. The van der Waals surface area contributed by atoms with Crippen LogP contribution < -0.4 is 10.6 Å². The van der Waals surface area contributed by atoms with Crippen molar-refractivity contribution in [3.05, 3.63) is 60.3 Å². The number of benzene rings is 1. The highest BCUT2D eigenvalue weighted by molar-refractivity contribution is 6.07. The minimum absolute atomic E-state index is 0.133. The SMILES string of the molecule is C=CCNc1ccc(C(=O)Nc2ccccc2C(=O)OC)nn1. The average Bonchev–Trinajstić information content (AvgIpc) is 2.60. The van der Waals surface area contributed by atoms with Gasteiger partial charge < -0.3 is 15.4 Å². The van der Waals surface area contributed by atoms with Crippen molar-refractivity contribution >= 4 is 23.4 Å². The zero-order valence-electron chi connectivity index (χ0n) is 12.6. The van der Waals surface area contributed by atoms with Gasteiger partial charge in [0.15, 0.2) is 5.69 Å². The van der Waals surface area contributed by atoms with Crippen LogP contribution in [0.2, 0.25) is 0 Å². The number of amides is 1. The Kier molecular flexibility index (Phi) is 5.40. The van der Waals surface area contributed by atoms with E-state index in [-0.39, 0.29) is 11.3 Å². The number of esters is 1. The molecule has 2 rings (SSSR count). The van der Waals surface area contributed by atoms with Gasteiger partial charge in [0, 0.05) is 6.54 Å². The van der Waals surface area contributed by atoms with Gasteiger partial charge >= 0.3 is 5.97 Å². The first-order valence-corrected chi connectivity index (χ1v) is 6.83. The fourth-order valence-electron chi connectivity index (χ4n) is 1.79. The Morgan fingerprint density at radius 3 is 2.65 bits per heavy atom. The van der Waals surface area contributed by atoms with Gasteiger partial charge in [-0.15, -0.1) is 16.8 Å². The Morgan fingerprint density at radius 2 is 2.00 bits per heavy atom. The summed E-state index contributed by atoms with van der Waals surface area (Å²) >= 11 is 0. The zero-order chi connectivity index (χ0) is 16.7. The number of hydrogen-bond acceptors (Lipinski definition) is 6. The van der Waals surface area contributed by atoms with Crippen molar-refractivity contribution in [1.82, 2.24) is 10.2 Å². The highest BCUT2D eigenvalue weighted by Gasteiger charge is 2.15. The van der Waals surface area contributed by atoms with Crippen LogP contribution in [-0.2, 0) is 4.74 Å². The molecule has 0 aliphatic rings. The number of carbonyl (C=O) groups is 2. The summed E-state index contributed by atoms with van der Waals surface area (Å²) in [6.07, 6.45) is 1.69. The van der Waals surface area contributed by atoms with Crippen LogP contribution >= 0.6 is 0 Å². The lowest BCUT2D eigenvalue weighted by atomic mass is 10.1. The molecule has 1 aromatic heterocycles. The van der Waals surface area contributed by atoms with E-state index in [2.05, 4.69) is 32.1 Å². The second-order valence-corrected chi connectivity index (χ2v) is 4.46. The third-order valence-corrected chi connectivity index (χ3v) is 2.91. The lowest BCUT2D eigenvalue weighted by Gasteiger charge is -2.09. The first-order valence-electron chi connectivity index (χ1n) is 6.83. The molecule has 23 heavy (non-hydrogen) atoms. The summed E-state index contributed by atoms with van der Waals surface area (Å²) in [7, 11) is 1.28. The van der Waals surface area contributed by atoms with Gasteiger partial charge in [0.2, 0.25) is 0 Å². The summed E-state index contributed by atoms with van der Waals surface area (Å²) in [6.45, 7) is 4.13. The quantitative estimate of drug-likeness (QED) is 0.627. The number of methoxy groups -OCH3 is 1. The van der Waals surface area contributed by atoms with Crippen molar-refractivity contribution in [3.8, 4) is 0 Å². The summed E-state index contributed by atoms with van der Waals surface area (Å²) in [6, 6.07) is 9.73. The van der Waals surface area contributed by atoms with Crippen molar-refractivity contribution in [2.75, 3.05) is 24.3 Å². The summed E-state index contributed by atoms with van der Waals surface area (Å²) < 4.78 is 4.68. The van der Waals surface area contributed by atoms with Gasteiger partial charge in [-0.2, -0.15) is 0 Å². The number of anilines is 2. The van der Waals surface area contributed by atoms with Gasteiger partial charge in [0.05, 0.1) is 18.4 Å². The Labute approximate surface area is 133 Å². The average molecular weight is 312 g/mol. The van der Waals surface area contributed by atoms with Crippen molar-refractivity contribution in [3.63, 3.8) is 0 Å². The molecule has 0 fully saturated rings. The topological polar surface area (TPSA) is 93.2 Å². The molecule has 2 aromatic rings. The van der Waals surface area contributed by atoms with Crippen LogP contribution in [0.1, 0.15) is 20.8 Å². The minimum atomic E-state index is -0.532. The van der Waals surface area contributed by atoms with Gasteiger partial charge in [0.1, 0.15) is 5.82 Å². The third kappa shape index (κ3) is 4.13. The molecule has 0 aliphatic heterocycles. The van der Waals surface area contributed by atoms with Gasteiger partial charge in [-0.3, -0.25) is 4.79 Å². The van der Waals surface area contributed by atoms with Gasteiger partial charge in [-0.25, -0.2) is 4.79 Å². The van der Waals surface area contributed by atoms with Crippen LogP contribution in [0, 0.1) is 0 Å². The van der Waals surface area contributed by atoms with Crippen LogP contribution in [-0.4, -0.2) is 35.7 Å². The molecule has 2 N–H and O–H groups in total. The van der Waals surface area contributed by atoms with E-state index in [1.54, 1.807) is 36.4 Å². The van der Waals surface area contributed by atoms with Gasteiger partial charge in [0.25, 0.3) is 5.91 Å². The number of para-hydroxylation sites is 1. The number of aromatic nitrogens is 2. The molecule has 0 radical (unpaired) electrons. The highest BCUT2D eigenvalue weighted by Crippen LogP contribution is 2.17. The Balaban J connectivity index is 2.13. The molecule has 1 amide bonds. The summed E-state index contributed by atoms with van der Waals surface area (Å²) in [5, 5.41) is 13.3. The van der Waals surface area contributed by atoms with Crippen LogP contribution in [0.4, 0.5) is 11.5 Å². The van der Waals surface area contributed by atoms with Crippen LogP contribution in [0.5, 0.6) is 0 Å². The summed E-state index contributed by atoms with van der Waals surface area (Å²) in [5.74, 6) is -0.462. The monoisotopic (exact) mass is 312 g/mol. The standard InChI is InChI=1S/C16H16N4O3/c1-3-10-17-14-9-8-13(19-20-14)15(21)18-12-7-5-4-6-11(12)16(22)23-2/h3-9H,1,10H2,2H3,(H,17,20)(H,18,21). The van der Waals surface area contributed by atoms with Crippen LogP contribution in [0.3, 0.4) is 0 Å². The second-order valence-electron chi connectivity index (χ2n) is 4.46. The zero-order valence-corrected chi connectivity index (χ0v) is 12.6. The highest BCUT2D eigenvalue weighted by atomic mass is 16.5. The molecule has 0 aliphatic carbocycles. The maximum Gasteiger partial charge on any atom is 0.339 e. The van der Waals surface area contributed by atoms with E-state index in [1.807, 2.05) is 0 Å². The number of ether oxygens (including phenoxy) is 1. The van der Waals surface area contributed by atoms with Gasteiger partial charge in [-0.05, 0) is 24.3 Å². The maximum absolute atomic E-state index is 12.2. The predicted octanol–water partition coefficient (Wildman–Crippen LogP) is 2.11. The molecule has 0 atom stereocenters. The number of hydrogen-bond donors (Lipinski definition) is 2. The fraction of sp³-hybridized carbons (Fsp3) is 0.125. The van der Waals surface area contributed by atoms with Crippen LogP contribution in [0.15, 0.2) is 49.1 Å². The largest absolute Gasteiger partial charge is 0.465 e. The molecular weight excluding hydrogens is 296 g/mol. The van der Waals surface area contributed by atoms with Crippen molar-refractivity contribution < 1.29 is 14.3 Å². The number of rotatable bonds is 6. The molecule has 0 saturated carbocycles. The summed E-state index contributed by atoms with van der Waals surface area (Å²) in [4.78, 5) is 23.9. The molecule has 0 spiro atoms. The Hall–Kier alpha value is -3.22. The van der Waals surface area contributed by atoms with E-state index in [4.69, 9.17) is 0 Å². The number of nitrogens with one attached hydrogen (secondary N) is 2. The third-order valence-electron chi connectivity index (χ3n) is 2.91. The number of nitrogens with zero attached hydrogens (tertiary/aromatic N) is 2. The van der Waals surface area contributed by atoms with E-state index in [1.165, 1.54) is 13.2 Å². The lowest BCUT2D eigenvalue weighted by molar-refractivity contribution is 0.0602. The second kappa shape index (κ2) is 7.69. The van der Waals surface area contributed by atoms with Gasteiger partial charge in [-0.1, -0.05) is 18.2 Å². The van der Waals surface area contributed by atoms with E-state index in [0.29, 0.717) is 18.1 Å². The normalized spacial score (nSPS) is 9.78. The van der Waals surface area contributed by atoms with E-state index in [0.717, 1.165) is 0 Å². The molecular formula is C16H16N4O3. The number of carbonyl (C=O) groups excluding carboxylic acids is 2. The maximum atomic E-state index is 12.2. The first kappa shape index (κ1) is 16.2. The predicted molar refractivity (Wildman–Crippen MR) is 86.5 cm³/mol. The smallest absolute Gasteiger partial charge is 0.339 e. The van der Waals surface area contributed by atoms with Crippen molar-refractivity contribution in [2.24, 2.45) is 0 Å². The minimum Gasteiger partial charge on any atom is -0.465 e. The van der Waals surface area contributed by atoms with E-state index in [9.17, 15) is 9.59 Å². The van der Waals surface area contributed by atoms with Crippen molar-refractivity contribution in [2.45, 2.75) is 0 Å². The molecule has 0 unspecified atom stereocenters. The van der Waals surface area contributed by atoms with E-state index < -0.39 is 11.9 Å². The lowest BCUT2D eigenvalue weighted by Crippen LogP contribution is -2.17. The molecule has 7 nitrogen and oxygen atoms in total. The molecule has 1 aromatic carbocycles. The fourth-order valence-corrected chi connectivity index (χ4v) is 1.79. The van der Waals surface area contributed by atoms with Crippen LogP contribution in [0.25, 0.3) is 0 Å². The molecule has 0 saturated heterocycles. The first-order chi connectivity index (χ1) is 11.2. The van der Waals surface area contributed by atoms with Crippen molar-refractivity contribution in [1.29, 1.82) is 0 Å².